The highest BCUT2D eigenvalue weighted by molar-refractivity contribution is 7.12. The van der Waals surface area contributed by atoms with Crippen molar-refractivity contribution in [1.82, 2.24) is 0 Å². The zero-order chi connectivity index (χ0) is 12.8. The molecule has 18 heavy (non-hydrogen) atoms. The van der Waals surface area contributed by atoms with Crippen molar-refractivity contribution >= 4 is 34.1 Å². The smallest absolute Gasteiger partial charge is 0.0799 e. The van der Waals surface area contributed by atoms with Crippen LogP contribution in [0.2, 0.25) is 0 Å². The van der Waals surface area contributed by atoms with Crippen molar-refractivity contribution in [3.05, 3.63) is 44.8 Å². The molecule has 0 aliphatic heterocycles. The predicted octanol–water partition coefficient (Wildman–Crippen LogP) is 4.82. The predicted molar refractivity (Wildman–Crippen MR) is 82.3 cm³/mol. The summed E-state index contributed by atoms with van der Waals surface area (Å²) < 4.78 is 0. The summed E-state index contributed by atoms with van der Waals surface area (Å²) >= 11 is 3.43. The third-order valence-electron chi connectivity index (χ3n) is 2.57. The van der Waals surface area contributed by atoms with E-state index in [9.17, 15) is 0 Å². The first-order valence-corrected chi connectivity index (χ1v) is 7.82. The van der Waals surface area contributed by atoms with Crippen molar-refractivity contribution < 1.29 is 0 Å². The van der Waals surface area contributed by atoms with E-state index >= 15 is 0 Å². The summed E-state index contributed by atoms with van der Waals surface area (Å²) in [6.07, 6.45) is 1.82. The topological polar surface area (TPSA) is 24.7 Å². The average molecular weight is 276 g/mol. The van der Waals surface area contributed by atoms with Gasteiger partial charge in [0.25, 0.3) is 0 Å². The molecule has 0 aliphatic rings. The molecule has 0 unspecified atom stereocenters. The summed E-state index contributed by atoms with van der Waals surface area (Å²) in [6, 6.07) is 8.29. The quantitative estimate of drug-likeness (QED) is 0.552. The van der Waals surface area contributed by atoms with Gasteiger partial charge in [-0.1, -0.05) is 26.0 Å². The van der Waals surface area contributed by atoms with Crippen LogP contribution in [0.3, 0.4) is 0 Å². The lowest BCUT2D eigenvalue weighted by molar-refractivity contribution is 1.14. The molecular weight excluding hydrogens is 260 g/mol. The Labute approximate surface area is 116 Å². The largest absolute Gasteiger partial charge is 0.154 e. The van der Waals surface area contributed by atoms with Crippen molar-refractivity contribution in [1.29, 1.82) is 0 Å². The Morgan fingerprint density at radius 2 is 1.33 bits per heavy atom. The lowest BCUT2D eigenvalue weighted by Gasteiger charge is -2.00. The molecule has 0 aliphatic carbocycles. The van der Waals surface area contributed by atoms with Gasteiger partial charge in [0.05, 0.1) is 21.2 Å². The molecule has 2 aromatic heterocycles. The first kappa shape index (κ1) is 13.2. The highest BCUT2D eigenvalue weighted by Crippen LogP contribution is 2.15. The normalized spacial score (nSPS) is 13.0. The van der Waals surface area contributed by atoms with Crippen LogP contribution >= 0.6 is 22.7 Å². The van der Waals surface area contributed by atoms with Gasteiger partial charge in [-0.3, -0.25) is 0 Å². The van der Waals surface area contributed by atoms with E-state index in [4.69, 9.17) is 0 Å². The molecule has 0 N–H and O–H groups in total. The molecule has 4 heteroatoms. The number of nitrogens with zero attached hydrogens (tertiary/aromatic N) is 2. The Bertz CT molecular complexity index is 472. The van der Waals surface area contributed by atoms with Crippen LogP contribution in [-0.4, -0.2) is 11.4 Å². The van der Waals surface area contributed by atoms with Gasteiger partial charge in [0.2, 0.25) is 0 Å². The molecule has 2 aromatic rings. The fourth-order valence-corrected chi connectivity index (χ4v) is 3.16. The van der Waals surface area contributed by atoms with Crippen LogP contribution in [-0.2, 0) is 0 Å². The zero-order valence-electron chi connectivity index (χ0n) is 10.6. The molecule has 0 saturated heterocycles. The van der Waals surface area contributed by atoms with Crippen LogP contribution in [0.4, 0.5) is 0 Å². The highest BCUT2D eigenvalue weighted by atomic mass is 32.1. The maximum atomic E-state index is 4.43. The van der Waals surface area contributed by atoms with Crippen LogP contribution in [0.15, 0.2) is 45.2 Å². The number of rotatable bonds is 5. The Morgan fingerprint density at radius 1 is 0.889 bits per heavy atom. The maximum absolute atomic E-state index is 4.43. The lowest BCUT2D eigenvalue weighted by atomic mass is 10.2. The van der Waals surface area contributed by atoms with E-state index in [1.807, 2.05) is 0 Å². The Kier molecular flexibility index (Phi) is 4.84. The molecular formula is C14H16N2S2. The molecule has 0 amide bonds. The molecule has 0 atom stereocenters. The van der Waals surface area contributed by atoms with Crippen LogP contribution in [0, 0.1) is 0 Å². The second kappa shape index (κ2) is 6.61. The van der Waals surface area contributed by atoms with Crippen LogP contribution in [0.5, 0.6) is 0 Å². The van der Waals surface area contributed by atoms with Gasteiger partial charge in [-0.05, 0) is 35.7 Å². The molecule has 0 bridgehead atoms. The van der Waals surface area contributed by atoms with Gasteiger partial charge in [-0.15, -0.1) is 22.7 Å². The Morgan fingerprint density at radius 3 is 1.61 bits per heavy atom. The van der Waals surface area contributed by atoms with E-state index in [0.717, 1.165) is 24.3 Å². The van der Waals surface area contributed by atoms with Crippen molar-refractivity contribution in [2.24, 2.45) is 10.2 Å². The second-order valence-electron chi connectivity index (χ2n) is 3.76. The van der Waals surface area contributed by atoms with Gasteiger partial charge < -0.3 is 0 Å². The molecule has 0 saturated carbocycles. The summed E-state index contributed by atoms with van der Waals surface area (Å²) in [6.45, 7) is 4.23. The minimum Gasteiger partial charge on any atom is -0.154 e. The summed E-state index contributed by atoms with van der Waals surface area (Å²) in [7, 11) is 0. The minimum atomic E-state index is 0.908. The van der Waals surface area contributed by atoms with Gasteiger partial charge >= 0.3 is 0 Å². The van der Waals surface area contributed by atoms with Gasteiger partial charge in [-0.2, -0.15) is 10.2 Å². The maximum Gasteiger partial charge on any atom is 0.0799 e. The lowest BCUT2D eigenvalue weighted by Crippen LogP contribution is -1.98. The first-order valence-electron chi connectivity index (χ1n) is 6.06. The molecule has 0 fully saturated rings. The molecule has 0 aromatic carbocycles. The van der Waals surface area contributed by atoms with E-state index in [1.165, 1.54) is 9.75 Å². The van der Waals surface area contributed by atoms with Gasteiger partial charge in [-0.25, -0.2) is 0 Å². The number of thiophene rings is 2. The average Bonchev–Trinajstić information content (AvgIpc) is 3.07. The van der Waals surface area contributed by atoms with Crippen LogP contribution in [0.25, 0.3) is 0 Å². The van der Waals surface area contributed by atoms with E-state index in [0.29, 0.717) is 0 Å². The van der Waals surface area contributed by atoms with Gasteiger partial charge in [0, 0.05) is 0 Å². The monoisotopic (exact) mass is 276 g/mol. The number of hydrogen-bond donors (Lipinski definition) is 0. The molecule has 94 valence electrons. The van der Waals surface area contributed by atoms with E-state index in [2.05, 4.69) is 59.1 Å². The minimum absolute atomic E-state index is 0.908. The second-order valence-corrected chi connectivity index (χ2v) is 5.65. The van der Waals surface area contributed by atoms with E-state index in [1.54, 1.807) is 22.7 Å². The highest BCUT2D eigenvalue weighted by Gasteiger charge is 2.04. The fourth-order valence-electron chi connectivity index (χ4n) is 1.59. The third kappa shape index (κ3) is 3.15. The van der Waals surface area contributed by atoms with Crippen molar-refractivity contribution in [2.45, 2.75) is 26.7 Å². The van der Waals surface area contributed by atoms with Crippen LogP contribution in [0.1, 0.15) is 36.4 Å². The van der Waals surface area contributed by atoms with Crippen LogP contribution < -0.4 is 0 Å². The number of hydrogen-bond acceptors (Lipinski definition) is 4. The van der Waals surface area contributed by atoms with E-state index < -0.39 is 0 Å². The first-order chi connectivity index (χ1) is 8.85. The summed E-state index contributed by atoms with van der Waals surface area (Å²) in [4.78, 5) is 2.42. The molecule has 0 radical (unpaired) electrons. The van der Waals surface area contributed by atoms with Crippen molar-refractivity contribution in [3.63, 3.8) is 0 Å². The molecule has 0 spiro atoms. The van der Waals surface area contributed by atoms with Crippen molar-refractivity contribution in [3.8, 4) is 0 Å². The fraction of sp³-hybridized carbons (Fsp3) is 0.286. The third-order valence-corrected chi connectivity index (χ3v) is 4.41. The van der Waals surface area contributed by atoms with E-state index in [-0.39, 0.29) is 0 Å². The molecule has 2 heterocycles. The molecule has 2 rings (SSSR count). The van der Waals surface area contributed by atoms with Gasteiger partial charge in [0.15, 0.2) is 0 Å². The molecule has 2 nitrogen and oxygen atoms in total. The van der Waals surface area contributed by atoms with Gasteiger partial charge in [0.1, 0.15) is 0 Å². The Balaban J connectivity index is 2.26. The SMILES string of the molecule is CC/C(=N/N=C(\CC)c1cccs1)c1cccs1. The summed E-state index contributed by atoms with van der Waals surface area (Å²) in [5.74, 6) is 0. The summed E-state index contributed by atoms with van der Waals surface area (Å²) in [5, 5.41) is 13.0. The Hall–Kier alpha value is -1.26. The zero-order valence-corrected chi connectivity index (χ0v) is 12.2. The standard InChI is InChI=1S/C14H16N2S2/c1-3-11(13-7-5-9-17-13)15-16-12(4-2)14-8-6-10-18-14/h5-10H,3-4H2,1-2H3/b15-11-,16-12+. The summed E-state index contributed by atoms with van der Waals surface area (Å²) in [5.41, 5.74) is 2.13. The van der Waals surface area contributed by atoms with Crippen molar-refractivity contribution in [2.75, 3.05) is 0 Å².